The van der Waals surface area contributed by atoms with Crippen LogP contribution in [0.25, 0.3) is 0 Å². The van der Waals surface area contributed by atoms with E-state index in [1.807, 2.05) is 0 Å². The van der Waals surface area contributed by atoms with Crippen LogP contribution in [0.2, 0.25) is 0 Å². The smallest absolute Gasteiger partial charge is 0.521 e. The number of aryl methyl sites for hydroxylation is 1. The molecule has 0 heterocycles. The Kier molecular flexibility index (Phi) is 6.43. The van der Waals surface area contributed by atoms with Gasteiger partial charge in [-0.15, -0.1) is 0 Å². The molecule has 0 N–H and O–H groups in total. The summed E-state index contributed by atoms with van der Waals surface area (Å²) < 4.78 is 52.5. The molecule has 0 aromatic heterocycles. The molecular weight excluding hydrogens is 238 g/mol. The molecule has 0 atom stereocenters. The Morgan fingerprint density at radius 2 is 1.87 bits per heavy atom. The maximum atomic E-state index is 12.6. The van der Waals surface area contributed by atoms with Gasteiger partial charge in [0, 0.05) is 6.07 Å². The second kappa shape index (κ2) is 6.24. The molecule has 0 aliphatic carbocycles. The molecule has 0 unspecified atom stereocenters. The molecule has 0 amide bonds. The van der Waals surface area contributed by atoms with E-state index in [0.717, 1.165) is 6.07 Å². The molecule has 15 heavy (non-hydrogen) atoms. The zero-order valence-corrected chi connectivity index (χ0v) is 11.6. The standard InChI is InChI=1S/C8H8BF4O.K/c1-6-2-3-7(10)4-8(6)14-5-9(11,12)13;/h2-4H,5H2,1H3;/q-1;+1. The van der Waals surface area contributed by atoms with Gasteiger partial charge in [0.25, 0.3) is 0 Å². The van der Waals surface area contributed by atoms with E-state index in [9.17, 15) is 17.3 Å². The average molecular weight is 246 g/mol. The Balaban J connectivity index is 0.00000196. The van der Waals surface area contributed by atoms with Crippen molar-refractivity contribution in [2.45, 2.75) is 6.92 Å². The minimum absolute atomic E-state index is 0. The molecule has 0 aliphatic heterocycles. The molecule has 1 nitrogen and oxygen atoms in total. The second-order valence-corrected chi connectivity index (χ2v) is 2.93. The average Bonchev–Trinajstić information content (AvgIpc) is 2.05. The first-order valence-electron chi connectivity index (χ1n) is 3.98. The van der Waals surface area contributed by atoms with Gasteiger partial charge < -0.3 is 17.7 Å². The molecule has 7 heteroatoms. The van der Waals surface area contributed by atoms with Crippen molar-refractivity contribution in [1.82, 2.24) is 0 Å². The van der Waals surface area contributed by atoms with Crippen LogP contribution in [0.3, 0.4) is 0 Å². The number of ether oxygens (including phenoxy) is 1. The first-order valence-corrected chi connectivity index (χ1v) is 3.98. The van der Waals surface area contributed by atoms with Crippen LogP contribution in [0.15, 0.2) is 18.2 Å². The third kappa shape index (κ3) is 5.91. The van der Waals surface area contributed by atoms with Crippen molar-refractivity contribution in [2.24, 2.45) is 0 Å². The Labute approximate surface area is 128 Å². The van der Waals surface area contributed by atoms with Crippen LogP contribution in [-0.4, -0.2) is 13.5 Å². The van der Waals surface area contributed by atoms with E-state index in [4.69, 9.17) is 0 Å². The van der Waals surface area contributed by atoms with Crippen molar-refractivity contribution in [3.05, 3.63) is 29.6 Å². The molecule has 0 aliphatic rings. The van der Waals surface area contributed by atoms with Crippen LogP contribution in [0, 0.1) is 12.7 Å². The van der Waals surface area contributed by atoms with E-state index < -0.39 is 19.3 Å². The zero-order chi connectivity index (χ0) is 10.8. The topological polar surface area (TPSA) is 9.23 Å². The van der Waals surface area contributed by atoms with Crippen LogP contribution in [0.4, 0.5) is 17.3 Å². The van der Waals surface area contributed by atoms with Crippen LogP contribution in [0.5, 0.6) is 5.75 Å². The minimum atomic E-state index is -5.00. The van der Waals surface area contributed by atoms with Gasteiger partial charge in [-0.2, -0.15) is 0 Å². The molecule has 0 fully saturated rings. The summed E-state index contributed by atoms with van der Waals surface area (Å²) in [6, 6.07) is 3.48. The summed E-state index contributed by atoms with van der Waals surface area (Å²) in [5.74, 6) is -0.676. The van der Waals surface area contributed by atoms with E-state index in [2.05, 4.69) is 4.74 Å². The van der Waals surface area contributed by atoms with Gasteiger partial charge >= 0.3 is 58.4 Å². The molecule has 78 valence electrons. The molecular formula is C8H8BF4KO. The largest absolute Gasteiger partial charge is 1.00 e. The Morgan fingerprint density at radius 1 is 1.27 bits per heavy atom. The van der Waals surface area contributed by atoms with Crippen LogP contribution < -0.4 is 56.1 Å². The summed E-state index contributed by atoms with van der Waals surface area (Å²) in [4.78, 5) is 0. The fraction of sp³-hybridized carbons (Fsp3) is 0.250. The Bertz CT molecular complexity index is 329. The summed E-state index contributed by atoms with van der Waals surface area (Å²) in [5.41, 5.74) is 0.478. The molecule has 0 saturated heterocycles. The maximum absolute atomic E-state index is 12.6. The normalized spacial score (nSPS) is 10.7. The number of hydrogen-bond donors (Lipinski definition) is 0. The fourth-order valence-corrected chi connectivity index (χ4v) is 0.914. The van der Waals surface area contributed by atoms with Crippen LogP contribution >= 0.6 is 0 Å². The van der Waals surface area contributed by atoms with Gasteiger partial charge in [0.2, 0.25) is 0 Å². The van der Waals surface area contributed by atoms with E-state index >= 15 is 0 Å². The van der Waals surface area contributed by atoms with Crippen molar-refractivity contribution in [2.75, 3.05) is 6.51 Å². The third-order valence-electron chi connectivity index (χ3n) is 1.58. The predicted octanol–water partition coefficient (Wildman–Crippen LogP) is -0.0965. The first-order chi connectivity index (χ1) is 6.38. The fourth-order valence-electron chi connectivity index (χ4n) is 0.914. The van der Waals surface area contributed by atoms with E-state index in [1.54, 1.807) is 6.92 Å². The summed E-state index contributed by atoms with van der Waals surface area (Å²) in [5, 5.41) is 0. The van der Waals surface area contributed by atoms with Crippen LogP contribution in [-0.2, 0) is 0 Å². The third-order valence-corrected chi connectivity index (χ3v) is 1.58. The molecule has 1 aromatic rings. The number of benzene rings is 1. The molecule has 0 saturated carbocycles. The van der Waals surface area contributed by atoms with Crippen molar-refractivity contribution in [3.63, 3.8) is 0 Å². The van der Waals surface area contributed by atoms with Gasteiger partial charge in [0.1, 0.15) is 11.6 Å². The monoisotopic (exact) mass is 246 g/mol. The van der Waals surface area contributed by atoms with Gasteiger partial charge in [-0.05, 0) is 18.6 Å². The van der Waals surface area contributed by atoms with Crippen molar-refractivity contribution in [3.8, 4) is 5.75 Å². The summed E-state index contributed by atoms with van der Waals surface area (Å²) in [7, 11) is 0. The molecule has 1 rings (SSSR count). The number of rotatable bonds is 3. The first kappa shape index (κ1) is 15.4. The number of hydrogen-bond acceptors (Lipinski definition) is 1. The Morgan fingerprint density at radius 3 is 2.40 bits per heavy atom. The SMILES string of the molecule is Cc1ccc(F)cc1OC[B-](F)(F)F.[K+]. The molecule has 0 bridgehead atoms. The molecule has 0 spiro atoms. The summed E-state index contributed by atoms with van der Waals surface area (Å²) in [6.07, 6.45) is 0. The van der Waals surface area contributed by atoms with Gasteiger partial charge in [-0.1, -0.05) is 6.07 Å². The summed E-state index contributed by atoms with van der Waals surface area (Å²) in [6.45, 7) is -4.79. The minimum Gasteiger partial charge on any atom is -0.521 e. The predicted molar refractivity (Wildman–Crippen MR) is 45.7 cm³/mol. The van der Waals surface area contributed by atoms with Crippen molar-refractivity contribution >= 4 is 6.98 Å². The van der Waals surface area contributed by atoms with Gasteiger partial charge in [0.05, 0.1) is 6.51 Å². The second-order valence-electron chi connectivity index (χ2n) is 2.93. The van der Waals surface area contributed by atoms with E-state index in [-0.39, 0.29) is 57.1 Å². The quantitative estimate of drug-likeness (QED) is 0.534. The van der Waals surface area contributed by atoms with E-state index in [1.165, 1.54) is 12.1 Å². The molecule has 0 radical (unpaired) electrons. The van der Waals surface area contributed by atoms with Crippen LogP contribution in [0.1, 0.15) is 5.56 Å². The van der Waals surface area contributed by atoms with E-state index in [0.29, 0.717) is 5.56 Å². The summed E-state index contributed by atoms with van der Waals surface area (Å²) >= 11 is 0. The zero-order valence-electron chi connectivity index (χ0n) is 8.44. The van der Waals surface area contributed by atoms with Crippen molar-refractivity contribution < 1.29 is 73.5 Å². The van der Waals surface area contributed by atoms with Gasteiger partial charge in [0.15, 0.2) is 0 Å². The van der Waals surface area contributed by atoms with Gasteiger partial charge in [-0.25, -0.2) is 4.39 Å². The Hall–Kier alpha value is 0.441. The maximum Gasteiger partial charge on any atom is 1.00 e. The number of halogens is 4. The van der Waals surface area contributed by atoms with Gasteiger partial charge in [-0.3, -0.25) is 0 Å². The molecule has 1 aromatic carbocycles. The van der Waals surface area contributed by atoms with Crippen molar-refractivity contribution in [1.29, 1.82) is 0 Å².